The van der Waals surface area contributed by atoms with Gasteiger partial charge in [-0.2, -0.15) is 11.3 Å². The van der Waals surface area contributed by atoms with Gasteiger partial charge in [-0.05, 0) is 22.4 Å². The number of piperazine rings is 1. The number of aliphatic hydroxyl groups is 1. The Kier molecular flexibility index (Phi) is 3.53. The molecule has 2 rings (SSSR count). The summed E-state index contributed by atoms with van der Waals surface area (Å²) in [4.78, 5) is 2.30. The molecule has 14 heavy (non-hydrogen) atoms. The number of hydrogen-bond acceptors (Lipinski definition) is 4. The molecule has 1 aromatic rings. The van der Waals surface area contributed by atoms with Gasteiger partial charge in [0.05, 0.1) is 6.10 Å². The summed E-state index contributed by atoms with van der Waals surface area (Å²) < 4.78 is 0. The van der Waals surface area contributed by atoms with Crippen molar-refractivity contribution in [2.75, 3.05) is 32.7 Å². The van der Waals surface area contributed by atoms with Gasteiger partial charge in [0.25, 0.3) is 0 Å². The molecule has 2 heterocycles. The summed E-state index contributed by atoms with van der Waals surface area (Å²) in [6.45, 7) is 4.92. The maximum Gasteiger partial charge on any atom is 0.0924 e. The van der Waals surface area contributed by atoms with E-state index in [1.54, 1.807) is 11.3 Å². The first-order chi connectivity index (χ1) is 6.86. The molecule has 1 aliphatic heterocycles. The fourth-order valence-corrected chi connectivity index (χ4v) is 2.42. The summed E-state index contributed by atoms with van der Waals surface area (Å²) in [5.74, 6) is 0. The maximum atomic E-state index is 9.91. The zero-order valence-corrected chi connectivity index (χ0v) is 8.96. The van der Waals surface area contributed by atoms with Crippen molar-refractivity contribution in [2.24, 2.45) is 0 Å². The molecule has 1 aromatic heterocycles. The van der Waals surface area contributed by atoms with E-state index in [0.717, 1.165) is 38.3 Å². The van der Waals surface area contributed by atoms with Crippen molar-refractivity contribution in [1.82, 2.24) is 10.2 Å². The smallest absolute Gasteiger partial charge is 0.0924 e. The quantitative estimate of drug-likeness (QED) is 0.773. The van der Waals surface area contributed by atoms with Crippen LogP contribution in [0.25, 0.3) is 0 Å². The highest BCUT2D eigenvalue weighted by atomic mass is 32.1. The van der Waals surface area contributed by atoms with Gasteiger partial charge in [0.2, 0.25) is 0 Å². The predicted molar refractivity (Wildman–Crippen MR) is 58.6 cm³/mol. The lowest BCUT2D eigenvalue weighted by atomic mass is 10.2. The lowest BCUT2D eigenvalue weighted by molar-refractivity contribution is 0.106. The molecule has 0 aromatic carbocycles. The van der Waals surface area contributed by atoms with Crippen LogP contribution < -0.4 is 5.32 Å². The van der Waals surface area contributed by atoms with E-state index in [1.165, 1.54) is 0 Å². The van der Waals surface area contributed by atoms with Gasteiger partial charge < -0.3 is 10.4 Å². The molecule has 1 atom stereocenters. The topological polar surface area (TPSA) is 35.5 Å². The highest BCUT2D eigenvalue weighted by Gasteiger charge is 2.15. The molecule has 2 N–H and O–H groups in total. The second kappa shape index (κ2) is 4.89. The van der Waals surface area contributed by atoms with Crippen LogP contribution in [0, 0.1) is 0 Å². The number of rotatable bonds is 3. The molecule has 3 nitrogen and oxygen atoms in total. The highest BCUT2D eigenvalue weighted by molar-refractivity contribution is 7.07. The van der Waals surface area contributed by atoms with E-state index in [1.807, 2.05) is 16.8 Å². The van der Waals surface area contributed by atoms with Gasteiger partial charge in [-0.1, -0.05) is 0 Å². The number of hydrogen-bond donors (Lipinski definition) is 2. The van der Waals surface area contributed by atoms with Crippen LogP contribution in [-0.2, 0) is 0 Å². The summed E-state index contributed by atoms with van der Waals surface area (Å²) in [5, 5.41) is 17.2. The van der Waals surface area contributed by atoms with Crippen LogP contribution in [-0.4, -0.2) is 42.7 Å². The van der Waals surface area contributed by atoms with Crippen LogP contribution in [0.1, 0.15) is 11.7 Å². The summed E-state index contributed by atoms with van der Waals surface area (Å²) >= 11 is 1.64. The van der Waals surface area contributed by atoms with E-state index in [0.29, 0.717) is 0 Å². The van der Waals surface area contributed by atoms with E-state index in [-0.39, 0.29) is 6.10 Å². The van der Waals surface area contributed by atoms with Crippen LogP contribution in [0.4, 0.5) is 0 Å². The Balaban J connectivity index is 1.84. The molecule has 1 fully saturated rings. The third-order valence-electron chi connectivity index (χ3n) is 2.57. The standard InChI is InChI=1S/C10H16N2OS/c13-10(9-1-6-14-8-9)7-12-4-2-11-3-5-12/h1,6,8,10-11,13H,2-5,7H2. The van der Waals surface area contributed by atoms with Gasteiger partial charge in [0, 0.05) is 32.7 Å². The van der Waals surface area contributed by atoms with E-state index in [9.17, 15) is 5.11 Å². The third-order valence-corrected chi connectivity index (χ3v) is 3.27. The first-order valence-electron chi connectivity index (χ1n) is 4.99. The zero-order chi connectivity index (χ0) is 9.80. The monoisotopic (exact) mass is 212 g/mol. The van der Waals surface area contributed by atoms with Crippen LogP contribution in [0.15, 0.2) is 16.8 Å². The van der Waals surface area contributed by atoms with Gasteiger partial charge in [0.15, 0.2) is 0 Å². The Morgan fingerprint density at radius 3 is 2.93 bits per heavy atom. The molecule has 0 saturated carbocycles. The van der Waals surface area contributed by atoms with Gasteiger partial charge in [-0.25, -0.2) is 0 Å². The molecule has 78 valence electrons. The highest BCUT2D eigenvalue weighted by Crippen LogP contribution is 2.17. The fourth-order valence-electron chi connectivity index (χ4n) is 1.71. The van der Waals surface area contributed by atoms with Crippen molar-refractivity contribution in [3.63, 3.8) is 0 Å². The molecule has 0 radical (unpaired) electrons. The molecule has 0 bridgehead atoms. The SMILES string of the molecule is OC(CN1CCNCC1)c1ccsc1. The average Bonchev–Trinajstić information content (AvgIpc) is 2.72. The molecular formula is C10H16N2OS. The van der Waals surface area contributed by atoms with Gasteiger partial charge in [-0.15, -0.1) is 0 Å². The molecule has 0 aliphatic carbocycles. The van der Waals surface area contributed by atoms with Gasteiger partial charge in [0.1, 0.15) is 0 Å². The minimum atomic E-state index is -0.320. The largest absolute Gasteiger partial charge is 0.387 e. The molecule has 1 aliphatic rings. The first kappa shape index (κ1) is 10.1. The molecule has 0 amide bonds. The Labute approximate surface area is 88.4 Å². The second-order valence-electron chi connectivity index (χ2n) is 3.62. The van der Waals surface area contributed by atoms with E-state index >= 15 is 0 Å². The summed E-state index contributed by atoms with van der Waals surface area (Å²) in [6.07, 6.45) is -0.320. The van der Waals surface area contributed by atoms with Crippen molar-refractivity contribution in [1.29, 1.82) is 0 Å². The molecule has 4 heteroatoms. The van der Waals surface area contributed by atoms with Crippen LogP contribution in [0.3, 0.4) is 0 Å². The number of aliphatic hydroxyl groups excluding tert-OH is 1. The van der Waals surface area contributed by atoms with Crippen molar-refractivity contribution in [2.45, 2.75) is 6.10 Å². The third kappa shape index (κ3) is 2.54. The second-order valence-corrected chi connectivity index (χ2v) is 4.40. The summed E-state index contributed by atoms with van der Waals surface area (Å²) in [5.41, 5.74) is 1.05. The predicted octanol–water partition coefficient (Wildman–Crippen LogP) is 0.687. The first-order valence-corrected chi connectivity index (χ1v) is 5.94. The van der Waals surface area contributed by atoms with Gasteiger partial charge >= 0.3 is 0 Å². The van der Waals surface area contributed by atoms with Crippen molar-refractivity contribution >= 4 is 11.3 Å². The van der Waals surface area contributed by atoms with Gasteiger partial charge in [-0.3, -0.25) is 4.90 Å². The van der Waals surface area contributed by atoms with Crippen LogP contribution in [0.2, 0.25) is 0 Å². The van der Waals surface area contributed by atoms with Crippen LogP contribution >= 0.6 is 11.3 Å². The Morgan fingerprint density at radius 2 is 2.29 bits per heavy atom. The lowest BCUT2D eigenvalue weighted by Crippen LogP contribution is -2.44. The van der Waals surface area contributed by atoms with Crippen molar-refractivity contribution in [3.8, 4) is 0 Å². The molecule has 1 unspecified atom stereocenters. The fraction of sp³-hybridized carbons (Fsp3) is 0.600. The number of thiophene rings is 1. The molecular weight excluding hydrogens is 196 g/mol. The number of nitrogens with one attached hydrogen (secondary N) is 1. The van der Waals surface area contributed by atoms with E-state index in [4.69, 9.17) is 0 Å². The molecule has 1 saturated heterocycles. The summed E-state index contributed by atoms with van der Waals surface area (Å²) in [6, 6.07) is 2.00. The van der Waals surface area contributed by atoms with Crippen LogP contribution in [0.5, 0.6) is 0 Å². The minimum absolute atomic E-state index is 0.320. The number of β-amino-alcohol motifs (C(OH)–C–C–N with tert-alkyl or cyclic N) is 1. The normalized spacial score (nSPS) is 20.9. The summed E-state index contributed by atoms with van der Waals surface area (Å²) in [7, 11) is 0. The van der Waals surface area contributed by atoms with Crippen molar-refractivity contribution < 1.29 is 5.11 Å². The Hall–Kier alpha value is -0.420. The average molecular weight is 212 g/mol. The zero-order valence-electron chi connectivity index (χ0n) is 8.15. The maximum absolute atomic E-state index is 9.91. The Bertz CT molecular complexity index is 257. The minimum Gasteiger partial charge on any atom is -0.387 e. The van der Waals surface area contributed by atoms with E-state index < -0.39 is 0 Å². The van der Waals surface area contributed by atoms with Crippen molar-refractivity contribution in [3.05, 3.63) is 22.4 Å². The lowest BCUT2D eigenvalue weighted by Gasteiger charge is -2.28. The molecule has 0 spiro atoms. The Morgan fingerprint density at radius 1 is 1.50 bits per heavy atom. The number of nitrogens with zero attached hydrogens (tertiary/aromatic N) is 1. The van der Waals surface area contributed by atoms with E-state index in [2.05, 4.69) is 10.2 Å².